The summed E-state index contributed by atoms with van der Waals surface area (Å²) in [4.78, 5) is 24.6. The summed E-state index contributed by atoms with van der Waals surface area (Å²) in [5.74, 6) is 0.380. The third kappa shape index (κ3) is 5.84. The Kier molecular flexibility index (Phi) is 6.41. The Morgan fingerprint density at radius 2 is 2.03 bits per heavy atom. The van der Waals surface area contributed by atoms with Gasteiger partial charge in [-0.15, -0.1) is 0 Å². The van der Waals surface area contributed by atoms with E-state index in [-0.39, 0.29) is 23.3 Å². The topological polar surface area (TPSA) is 82.7 Å². The number of rotatable bonds is 12. The summed E-state index contributed by atoms with van der Waals surface area (Å²) in [7, 11) is 0. The minimum atomic E-state index is -0.325. The standard InChI is InChI=1S/C22H31FN4O3/c23-18-7-6-17(14-19(18)30-15-16-4-5-16)25-26-22(10-11-22)9-2-1-3-12-27-13-8-20(28)24-21(27)29/h6-7,14,16,25-26H,1-5,8-13,15H2,(H,24,28,29). The quantitative estimate of drug-likeness (QED) is 0.357. The van der Waals surface area contributed by atoms with Crippen molar-refractivity contribution in [1.82, 2.24) is 15.6 Å². The number of carbonyl (C=O) groups excluding carboxylic acids is 2. The number of imide groups is 1. The lowest BCUT2D eigenvalue weighted by atomic mass is 10.1. The first-order valence-electron chi connectivity index (χ1n) is 11.1. The van der Waals surface area contributed by atoms with Crippen LogP contribution in [0.15, 0.2) is 18.2 Å². The lowest BCUT2D eigenvalue weighted by molar-refractivity contribution is -0.121. The number of anilines is 1. The molecule has 0 spiro atoms. The lowest BCUT2D eigenvalue weighted by Crippen LogP contribution is -2.49. The summed E-state index contributed by atoms with van der Waals surface area (Å²) in [6, 6.07) is 4.61. The van der Waals surface area contributed by atoms with Gasteiger partial charge in [0.2, 0.25) is 5.91 Å². The Labute approximate surface area is 176 Å². The van der Waals surface area contributed by atoms with Gasteiger partial charge in [0.05, 0.1) is 12.3 Å². The minimum absolute atomic E-state index is 0.0956. The summed E-state index contributed by atoms with van der Waals surface area (Å²) in [6.45, 7) is 1.80. The third-order valence-electron chi connectivity index (χ3n) is 6.15. The molecule has 3 N–H and O–H groups in total. The number of benzene rings is 1. The van der Waals surface area contributed by atoms with E-state index in [9.17, 15) is 14.0 Å². The zero-order valence-corrected chi connectivity index (χ0v) is 17.3. The molecule has 0 unspecified atom stereocenters. The molecule has 4 rings (SSSR count). The van der Waals surface area contributed by atoms with Crippen molar-refractivity contribution in [1.29, 1.82) is 0 Å². The molecular weight excluding hydrogens is 387 g/mol. The van der Waals surface area contributed by atoms with Gasteiger partial charge in [-0.2, -0.15) is 0 Å². The smallest absolute Gasteiger partial charge is 0.324 e. The number of carbonyl (C=O) groups is 2. The number of hydrogen-bond acceptors (Lipinski definition) is 5. The first kappa shape index (κ1) is 20.9. The molecular formula is C22H31FN4O3. The van der Waals surface area contributed by atoms with Crippen LogP contribution in [0.4, 0.5) is 14.9 Å². The molecule has 1 heterocycles. The van der Waals surface area contributed by atoms with Gasteiger partial charge in [0, 0.05) is 31.1 Å². The molecule has 1 aliphatic heterocycles. The molecule has 2 saturated carbocycles. The zero-order chi connectivity index (χ0) is 21.0. The molecule has 3 amide bonds. The van der Waals surface area contributed by atoms with E-state index < -0.39 is 0 Å². The number of nitrogens with one attached hydrogen (secondary N) is 3. The van der Waals surface area contributed by atoms with Crippen molar-refractivity contribution >= 4 is 17.6 Å². The van der Waals surface area contributed by atoms with Crippen LogP contribution in [0.3, 0.4) is 0 Å². The van der Waals surface area contributed by atoms with Gasteiger partial charge < -0.3 is 15.1 Å². The number of nitrogens with zero attached hydrogens (tertiary/aromatic N) is 1. The van der Waals surface area contributed by atoms with E-state index in [2.05, 4.69) is 16.2 Å². The molecule has 1 aromatic rings. The number of hydrazine groups is 1. The van der Waals surface area contributed by atoms with Crippen molar-refractivity contribution in [2.45, 2.75) is 63.3 Å². The predicted octanol–water partition coefficient (Wildman–Crippen LogP) is 3.57. The highest BCUT2D eigenvalue weighted by Crippen LogP contribution is 2.40. The van der Waals surface area contributed by atoms with Gasteiger partial charge in [0.15, 0.2) is 11.6 Å². The van der Waals surface area contributed by atoms with Crippen LogP contribution in [-0.2, 0) is 4.79 Å². The van der Waals surface area contributed by atoms with Crippen LogP contribution in [-0.4, -0.2) is 42.1 Å². The first-order valence-corrected chi connectivity index (χ1v) is 11.1. The van der Waals surface area contributed by atoms with E-state index in [0.29, 0.717) is 37.8 Å². The van der Waals surface area contributed by atoms with Gasteiger partial charge in [-0.3, -0.25) is 10.1 Å². The van der Waals surface area contributed by atoms with Gasteiger partial charge in [-0.05, 0) is 56.6 Å². The largest absolute Gasteiger partial charge is 0.490 e. The van der Waals surface area contributed by atoms with E-state index in [1.165, 1.54) is 18.9 Å². The molecule has 0 bridgehead atoms. The highest BCUT2D eigenvalue weighted by molar-refractivity contribution is 5.96. The molecule has 7 nitrogen and oxygen atoms in total. The molecule has 1 saturated heterocycles. The third-order valence-corrected chi connectivity index (χ3v) is 6.15. The van der Waals surface area contributed by atoms with Crippen LogP contribution in [0.25, 0.3) is 0 Å². The Balaban J connectivity index is 1.14. The van der Waals surface area contributed by atoms with E-state index in [1.54, 1.807) is 17.0 Å². The second-order valence-corrected chi connectivity index (χ2v) is 8.83. The van der Waals surface area contributed by atoms with Crippen molar-refractivity contribution in [2.75, 3.05) is 25.1 Å². The predicted molar refractivity (Wildman–Crippen MR) is 112 cm³/mol. The maximum absolute atomic E-state index is 13.9. The molecule has 30 heavy (non-hydrogen) atoms. The first-order chi connectivity index (χ1) is 14.5. The number of urea groups is 1. The van der Waals surface area contributed by atoms with Crippen LogP contribution in [0.2, 0.25) is 0 Å². The average Bonchev–Trinajstić information content (AvgIpc) is 3.64. The monoisotopic (exact) mass is 418 g/mol. The van der Waals surface area contributed by atoms with E-state index in [1.807, 2.05) is 0 Å². The summed E-state index contributed by atoms with van der Waals surface area (Å²) < 4.78 is 19.5. The number of hydrogen-bond donors (Lipinski definition) is 3. The normalized spacial score (nSPS) is 20.1. The van der Waals surface area contributed by atoms with Crippen LogP contribution in [0.5, 0.6) is 5.75 Å². The van der Waals surface area contributed by atoms with E-state index in [4.69, 9.17) is 4.74 Å². The van der Waals surface area contributed by atoms with Crippen LogP contribution in [0, 0.1) is 11.7 Å². The molecule has 0 aromatic heterocycles. The van der Waals surface area contributed by atoms with Gasteiger partial charge >= 0.3 is 6.03 Å². The SMILES string of the molecule is O=C1CCN(CCCCCC2(NNc3ccc(F)c(OCC4CC4)c3)CC2)C(=O)N1. The summed E-state index contributed by atoms with van der Waals surface area (Å²) in [5, 5.41) is 2.36. The molecule has 164 valence electrons. The van der Waals surface area contributed by atoms with Crippen LogP contribution < -0.4 is 20.9 Å². The highest BCUT2D eigenvalue weighted by atomic mass is 19.1. The Morgan fingerprint density at radius 1 is 1.20 bits per heavy atom. The molecule has 0 radical (unpaired) electrons. The summed E-state index contributed by atoms with van der Waals surface area (Å²) >= 11 is 0. The van der Waals surface area contributed by atoms with Crippen molar-refractivity contribution in [3.63, 3.8) is 0 Å². The average molecular weight is 419 g/mol. The Hall–Kier alpha value is -2.35. The maximum atomic E-state index is 13.9. The summed E-state index contributed by atoms with van der Waals surface area (Å²) in [6.07, 6.45) is 9.07. The van der Waals surface area contributed by atoms with E-state index >= 15 is 0 Å². The van der Waals surface area contributed by atoms with E-state index in [0.717, 1.165) is 44.2 Å². The van der Waals surface area contributed by atoms with Gasteiger partial charge in [0.25, 0.3) is 0 Å². The second kappa shape index (κ2) is 9.20. The molecule has 8 heteroatoms. The number of amides is 3. The molecule has 1 aromatic carbocycles. The van der Waals surface area contributed by atoms with Gasteiger partial charge in [0.1, 0.15) is 0 Å². The fourth-order valence-electron chi connectivity index (χ4n) is 3.73. The Morgan fingerprint density at radius 3 is 2.77 bits per heavy atom. The number of unbranched alkanes of at least 4 members (excludes halogenated alkanes) is 2. The van der Waals surface area contributed by atoms with Crippen molar-refractivity contribution in [3.05, 3.63) is 24.0 Å². The number of halogens is 1. The fraction of sp³-hybridized carbons (Fsp3) is 0.636. The van der Waals surface area contributed by atoms with Gasteiger partial charge in [-0.1, -0.05) is 12.8 Å². The van der Waals surface area contributed by atoms with Crippen molar-refractivity contribution in [2.24, 2.45) is 5.92 Å². The fourth-order valence-corrected chi connectivity index (χ4v) is 3.73. The van der Waals surface area contributed by atoms with Gasteiger partial charge in [-0.25, -0.2) is 14.6 Å². The number of ether oxygens (including phenoxy) is 1. The van der Waals surface area contributed by atoms with Crippen LogP contribution in [0.1, 0.15) is 57.8 Å². The highest BCUT2D eigenvalue weighted by Gasteiger charge is 2.41. The van der Waals surface area contributed by atoms with Crippen molar-refractivity contribution < 1.29 is 18.7 Å². The minimum Gasteiger partial charge on any atom is -0.490 e. The zero-order valence-electron chi connectivity index (χ0n) is 17.3. The summed E-state index contributed by atoms with van der Waals surface area (Å²) in [5.41, 5.74) is 7.55. The molecule has 3 aliphatic rings. The lowest BCUT2D eigenvalue weighted by Gasteiger charge is -2.26. The molecule has 3 fully saturated rings. The molecule has 2 aliphatic carbocycles. The van der Waals surface area contributed by atoms with Crippen molar-refractivity contribution in [3.8, 4) is 5.75 Å². The maximum Gasteiger partial charge on any atom is 0.324 e. The Bertz CT molecular complexity index is 780. The van der Waals surface area contributed by atoms with Crippen LogP contribution >= 0.6 is 0 Å². The second-order valence-electron chi connectivity index (χ2n) is 8.83. The molecule has 0 atom stereocenters.